The lowest BCUT2D eigenvalue weighted by Gasteiger charge is -2.35. The highest BCUT2D eigenvalue weighted by molar-refractivity contribution is 7.00. The van der Waals surface area contributed by atoms with E-state index in [0.717, 1.165) is 47.2 Å². The second kappa shape index (κ2) is 8.64. The summed E-state index contributed by atoms with van der Waals surface area (Å²) < 4.78 is 19.3. The van der Waals surface area contributed by atoms with Gasteiger partial charge in [0, 0.05) is 25.2 Å². The number of rotatable bonds is 6. The molecule has 28 heavy (non-hydrogen) atoms. The number of carbonyl (C=O) groups excluding carboxylic acids is 1. The molecule has 0 aliphatic carbocycles. The number of amides is 1. The lowest BCUT2D eigenvalue weighted by atomic mass is 10.0. The van der Waals surface area contributed by atoms with Gasteiger partial charge in [-0.15, -0.1) is 0 Å². The predicted octanol–water partition coefficient (Wildman–Crippen LogP) is 2.50. The Bertz CT molecular complexity index is 955. The van der Waals surface area contributed by atoms with Gasteiger partial charge in [0.25, 0.3) is 5.91 Å². The molecule has 8 heteroatoms. The Kier molecular flexibility index (Phi) is 5.80. The van der Waals surface area contributed by atoms with Crippen LogP contribution in [0.2, 0.25) is 0 Å². The van der Waals surface area contributed by atoms with Crippen molar-refractivity contribution in [2.45, 2.75) is 6.04 Å². The van der Waals surface area contributed by atoms with Gasteiger partial charge in [0.2, 0.25) is 0 Å². The third-order valence-electron chi connectivity index (χ3n) is 4.94. The molecule has 1 aliphatic heterocycles. The van der Waals surface area contributed by atoms with Crippen molar-refractivity contribution < 1.29 is 14.3 Å². The van der Waals surface area contributed by atoms with Crippen LogP contribution < -0.4 is 10.1 Å². The van der Waals surface area contributed by atoms with Crippen LogP contribution >= 0.6 is 11.7 Å². The summed E-state index contributed by atoms with van der Waals surface area (Å²) in [5.41, 5.74) is 3.26. The summed E-state index contributed by atoms with van der Waals surface area (Å²) in [4.78, 5) is 15.1. The minimum Gasteiger partial charge on any atom is -0.497 e. The predicted molar refractivity (Wildman–Crippen MR) is 108 cm³/mol. The Labute approximate surface area is 167 Å². The SMILES string of the molecule is COc1cccc([C@H](CNC(=O)c2ccc3nsnc3c2)N2CCOCC2)c1. The maximum absolute atomic E-state index is 12.7. The van der Waals surface area contributed by atoms with Gasteiger partial charge in [0.15, 0.2) is 0 Å². The van der Waals surface area contributed by atoms with Crippen LogP contribution in [0.15, 0.2) is 42.5 Å². The number of carbonyl (C=O) groups is 1. The summed E-state index contributed by atoms with van der Waals surface area (Å²) in [5.74, 6) is 0.694. The Morgan fingerprint density at radius 2 is 2.04 bits per heavy atom. The van der Waals surface area contributed by atoms with Crippen molar-refractivity contribution in [2.24, 2.45) is 0 Å². The molecule has 1 aliphatic rings. The van der Waals surface area contributed by atoms with Crippen molar-refractivity contribution in [1.82, 2.24) is 19.0 Å². The molecule has 4 rings (SSSR count). The smallest absolute Gasteiger partial charge is 0.251 e. The number of fused-ring (bicyclic) bond motifs is 1. The molecule has 1 atom stereocenters. The quantitative estimate of drug-likeness (QED) is 0.688. The summed E-state index contributed by atoms with van der Waals surface area (Å²) in [6, 6.07) is 13.4. The summed E-state index contributed by atoms with van der Waals surface area (Å²) in [6.07, 6.45) is 0. The van der Waals surface area contributed by atoms with E-state index in [1.807, 2.05) is 24.3 Å². The van der Waals surface area contributed by atoms with Crippen LogP contribution in [-0.2, 0) is 4.74 Å². The fourth-order valence-corrected chi connectivity index (χ4v) is 3.93. The molecule has 0 saturated carbocycles. The van der Waals surface area contributed by atoms with E-state index in [1.165, 1.54) is 0 Å². The zero-order valence-corrected chi connectivity index (χ0v) is 16.4. The Morgan fingerprint density at radius 3 is 2.86 bits per heavy atom. The second-order valence-corrected chi connectivity index (χ2v) is 7.15. The number of methoxy groups -OCH3 is 1. The van der Waals surface area contributed by atoms with E-state index in [9.17, 15) is 4.79 Å². The first-order chi connectivity index (χ1) is 13.7. The van der Waals surface area contributed by atoms with Gasteiger partial charge in [-0.05, 0) is 35.9 Å². The van der Waals surface area contributed by atoms with Gasteiger partial charge in [0.1, 0.15) is 16.8 Å². The molecule has 146 valence electrons. The molecule has 7 nitrogen and oxygen atoms in total. The largest absolute Gasteiger partial charge is 0.497 e. The third kappa shape index (κ3) is 4.14. The molecule has 1 N–H and O–H groups in total. The van der Waals surface area contributed by atoms with Gasteiger partial charge in [0.05, 0.1) is 38.1 Å². The first-order valence-electron chi connectivity index (χ1n) is 9.21. The Morgan fingerprint density at radius 1 is 1.21 bits per heavy atom. The fourth-order valence-electron chi connectivity index (χ4n) is 3.41. The molecule has 1 saturated heterocycles. The van der Waals surface area contributed by atoms with Gasteiger partial charge >= 0.3 is 0 Å². The van der Waals surface area contributed by atoms with E-state index in [4.69, 9.17) is 9.47 Å². The minimum atomic E-state index is -0.115. The number of hydrogen-bond donors (Lipinski definition) is 1. The highest BCUT2D eigenvalue weighted by Crippen LogP contribution is 2.25. The van der Waals surface area contributed by atoms with Crippen molar-refractivity contribution >= 4 is 28.7 Å². The van der Waals surface area contributed by atoms with Crippen molar-refractivity contribution in [1.29, 1.82) is 0 Å². The molecule has 1 amide bonds. The fraction of sp³-hybridized carbons (Fsp3) is 0.350. The van der Waals surface area contributed by atoms with Crippen LogP contribution in [0.25, 0.3) is 11.0 Å². The molecule has 0 spiro atoms. The standard InChI is InChI=1S/C20H22N4O3S/c1-26-16-4-2-3-14(11-16)19(24-7-9-27-10-8-24)13-21-20(25)15-5-6-17-18(12-15)23-28-22-17/h2-6,11-12,19H,7-10,13H2,1H3,(H,21,25)/t19-/m0/s1. The van der Waals surface area contributed by atoms with Crippen LogP contribution in [0, 0.1) is 0 Å². The summed E-state index contributed by atoms with van der Waals surface area (Å²) in [6.45, 7) is 3.55. The average Bonchev–Trinajstić information content (AvgIpc) is 3.22. The van der Waals surface area contributed by atoms with Gasteiger partial charge in [-0.25, -0.2) is 0 Å². The van der Waals surface area contributed by atoms with E-state index in [0.29, 0.717) is 25.3 Å². The zero-order valence-electron chi connectivity index (χ0n) is 15.6. The van der Waals surface area contributed by atoms with Crippen LogP contribution in [0.5, 0.6) is 5.75 Å². The maximum atomic E-state index is 12.7. The van der Waals surface area contributed by atoms with E-state index >= 15 is 0 Å². The summed E-state index contributed by atoms with van der Waals surface area (Å²) in [5, 5.41) is 3.08. The van der Waals surface area contributed by atoms with Crippen molar-refractivity contribution in [3.63, 3.8) is 0 Å². The van der Waals surface area contributed by atoms with Crippen molar-refractivity contribution in [3.05, 3.63) is 53.6 Å². The second-order valence-electron chi connectivity index (χ2n) is 6.62. The van der Waals surface area contributed by atoms with E-state index in [-0.39, 0.29) is 11.9 Å². The van der Waals surface area contributed by atoms with Crippen LogP contribution in [0.3, 0.4) is 0 Å². The average molecular weight is 398 g/mol. The zero-order chi connectivity index (χ0) is 19.3. The lowest BCUT2D eigenvalue weighted by Crippen LogP contribution is -2.43. The molecule has 0 bridgehead atoms. The van der Waals surface area contributed by atoms with Gasteiger partial charge in [-0.2, -0.15) is 8.75 Å². The third-order valence-corrected chi connectivity index (χ3v) is 5.49. The first-order valence-corrected chi connectivity index (χ1v) is 9.94. The lowest BCUT2D eigenvalue weighted by molar-refractivity contribution is 0.0162. The van der Waals surface area contributed by atoms with Gasteiger partial charge in [-0.3, -0.25) is 9.69 Å². The van der Waals surface area contributed by atoms with E-state index < -0.39 is 0 Å². The van der Waals surface area contributed by atoms with Crippen molar-refractivity contribution in [2.75, 3.05) is 40.0 Å². The van der Waals surface area contributed by atoms with E-state index in [1.54, 1.807) is 19.2 Å². The topological polar surface area (TPSA) is 76.6 Å². The molecular weight excluding hydrogens is 376 g/mol. The molecule has 2 heterocycles. The van der Waals surface area contributed by atoms with Gasteiger partial charge in [-0.1, -0.05) is 12.1 Å². The molecule has 1 aromatic heterocycles. The van der Waals surface area contributed by atoms with E-state index in [2.05, 4.69) is 25.0 Å². The molecule has 0 radical (unpaired) electrons. The monoisotopic (exact) mass is 398 g/mol. The number of ether oxygens (including phenoxy) is 2. The maximum Gasteiger partial charge on any atom is 0.251 e. The summed E-state index contributed by atoms with van der Waals surface area (Å²) in [7, 11) is 1.66. The molecule has 1 fully saturated rings. The van der Waals surface area contributed by atoms with Crippen LogP contribution in [-0.4, -0.2) is 59.5 Å². The first kappa shape index (κ1) is 18.8. The number of nitrogens with zero attached hydrogens (tertiary/aromatic N) is 3. The molecule has 2 aromatic carbocycles. The number of hydrogen-bond acceptors (Lipinski definition) is 7. The van der Waals surface area contributed by atoms with Crippen LogP contribution in [0.4, 0.5) is 0 Å². The molecule has 0 unspecified atom stereocenters. The summed E-state index contributed by atoms with van der Waals surface area (Å²) >= 11 is 1.15. The number of benzene rings is 2. The highest BCUT2D eigenvalue weighted by atomic mass is 32.1. The molecule has 3 aromatic rings. The highest BCUT2D eigenvalue weighted by Gasteiger charge is 2.24. The number of nitrogens with one attached hydrogen (secondary N) is 1. The normalized spacial score (nSPS) is 16.0. The van der Waals surface area contributed by atoms with Gasteiger partial charge < -0.3 is 14.8 Å². The number of aromatic nitrogens is 2. The van der Waals surface area contributed by atoms with Crippen molar-refractivity contribution in [3.8, 4) is 5.75 Å². The molecular formula is C20H22N4O3S. The number of morpholine rings is 1. The Hall–Kier alpha value is -2.55. The minimum absolute atomic E-state index is 0.0487. The Balaban J connectivity index is 1.51. The van der Waals surface area contributed by atoms with Crippen LogP contribution in [0.1, 0.15) is 22.0 Å².